The second-order valence-electron chi connectivity index (χ2n) is 3.81. The highest BCUT2D eigenvalue weighted by Crippen LogP contribution is 2.21. The van der Waals surface area contributed by atoms with E-state index in [1.54, 1.807) is 12.1 Å². The van der Waals surface area contributed by atoms with Gasteiger partial charge in [0.1, 0.15) is 17.5 Å². The van der Waals surface area contributed by atoms with Crippen LogP contribution in [0.15, 0.2) is 18.2 Å². The molecule has 0 unspecified atom stereocenters. The normalized spacial score (nSPS) is 10.7. The van der Waals surface area contributed by atoms with Gasteiger partial charge in [-0.15, -0.1) is 0 Å². The van der Waals surface area contributed by atoms with E-state index in [2.05, 4.69) is 32.6 Å². The summed E-state index contributed by atoms with van der Waals surface area (Å²) in [5, 5.41) is 0.0997. The molecule has 0 atom stereocenters. The molecule has 0 saturated heterocycles. The van der Waals surface area contributed by atoms with Gasteiger partial charge in [0.05, 0.1) is 14.3 Å². The van der Waals surface area contributed by atoms with Crippen molar-refractivity contribution >= 4 is 40.0 Å². The first kappa shape index (κ1) is 13.5. The Morgan fingerprint density at radius 3 is 2.78 bits per heavy atom. The summed E-state index contributed by atoms with van der Waals surface area (Å²) in [7, 11) is 0. The number of hydrogen-bond donors (Lipinski definition) is 1. The van der Waals surface area contributed by atoms with Gasteiger partial charge in [0.2, 0.25) is 0 Å². The smallest absolute Gasteiger partial charge is 0.145 e. The van der Waals surface area contributed by atoms with Gasteiger partial charge < -0.3 is 5.73 Å². The maximum absolute atomic E-state index is 13.7. The first-order valence-corrected chi connectivity index (χ1v) is 6.66. The molecular formula is C12H10ClFIN3. The van der Waals surface area contributed by atoms with Crippen LogP contribution in [0.5, 0.6) is 0 Å². The lowest BCUT2D eigenvalue weighted by Gasteiger charge is -2.07. The van der Waals surface area contributed by atoms with Crippen molar-refractivity contribution in [2.75, 3.05) is 5.73 Å². The lowest BCUT2D eigenvalue weighted by Crippen LogP contribution is -2.06. The highest BCUT2D eigenvalue weighted by Gasteiger charge is 2.11. The van der Waals surface area contributed by atoms with Crippen molar-refractivity contribution in [3.63, 3.8) is 0 Å². The molecule has 0 aliphatic rings. The van der Waals surface area contributed by atoms with Crippen LogP contribution in [0.25, 0.3) is 0 Å². The summed E-state index contributed by atoms with van der Waals surface area (Å²) in [6, 6.07) is 4.87. The molecule has 94 valence electrons. The Morgan fingerprint density at radius 2 is 2.11 bits per heavy atom. The van der Waals surface area contributed by atoms with E-state index in [0.717, 1.165) is 9.26 Å². The minimum atomic E-state index is -0.433. The number of rotatable bonds is 2. The number of benzene rings is 1. The Hall–Kier alpha value is -0.950. The molecular weight excluding hydrogens is 368 g/mol. The second kappa shape index (κ2) is 5.36. The standard InChI is InChI=1S/C12H10ClFIN3/c1-6-11(15)12(16)18-9(17-6)5-7-3-2-4-8(13)10(7)14/h2-4H,5H2,1H3,(H2,16,17,18). The summed E-state index contributed by atoms with van der Waals surface area (Å²) >= 11 is 7.81. The first-order chi connectivity index (χ1) is 8.49. The molecule has 2 N–H and O–H groups in total. The van der Waals surface area contributed by atoms with Crippen LogP contribution in [0.2, 0.25) is 5.02 Å². The molecule has 2 rings (SSSR count). The topological polar surface area (TPSA) is 51.8 Å². The minimum Gasteiger partial charge on any atom is -0.383 e. The number of aromatic nitrogens is 2. The van der Waals surface area contributed by atoms with Crippen molar-refractivity contribution < 1.29 is 4.39 Å². The fourth-order valence-corrected chi connectivity index (χ4v) is 2.01. The number of nitrogens with two attached hydrogens (primary N) is 1. The van der Waals surface area contributed by atoms with Crippen LogP contribution >= 0.6 is 34.2 Å². The predicted molar refractivity (Wildman–Crippen MR) is 78.1 cm³/mol. The molecule has 1 aromatic heterocycles. The molecule has 0 bridgehead atoms. The van der Waals surface area contributed by atoms with Crippen LogP contribution < -0.4 is 5.73 Å². The summed E-state index contributed by atoms with van der Waals surface area (Å²) in [5.74, 6) is 0.477. The largest absolute Gasteiger partial charge is 0.383 e. The van der Waals surface area contributed by atoms with E-state index >= 15 is 0 Å². The van der Waals surface area contributed by atoms with Crippen LogP contribution in [0.1, 0.15) is 17.1 Å². The van der Waals surface area contributed by atoms with E-state index in [4.69, 9.17) is 17.3 Å². The van der Waals surface area contributed by atoms with Gasteiger partial charge in [-0.25, -0.2) is 14.4 Å². The van der Waals surface area contributed by atoms with Crippen LogP contribution in [0.4, 0.5) is 10.2 Å². The van der Waals surface area contributed by atoms with Crippen LogP contribution in [0, 0.1) is 16.3 Å². The van der Waals surface area contributed by atoms with Gasteiger partial charge in [-0.1, -0.05) is 23.7 Å². The Kier molecular flexibility index (Phi) is 4.01. The zero-order valence-electron chi connectivity index (χ0n) is 9.54. The van der Waals surface area contributed by atoms with E-state index in [0.29, 0.717) is 17.2 Å². The number of halogens is 3. The zero-order chi connectivity index (χ0) is 13.3. The lowest BCUT2D eigenvalue weighted by atomic mass is 10.1. The van der Waals surface area contributed by atoms with E-state index in [1.165, 1.54) is 6.07 Å². The predicted octanol–water partition coefficient (Wildman–Crippen LogP) is 3.36. The molecule has 2 aromatic rings. The van der Waals surface area contributed by atoms with Crippen molar-refractivity contribution in [1.82, 2.24) is 9.97 Å². The maximum atomic E-state index is 13.7. The second-order valence-corrected chi connectivity index (χ2v) is 5.30. The molecule has 0 aliphatic carbocycles. The molecule has 0 amide bonds. The van der Waals surface area contributed by atoms with Gasteiger partial charge in [0.25, 0.3) is 0 Å². The lowest BCUT2D eigenvalue weighted by molar-refractivity contribution is 0.612. The number of aryl methyl sites for hydroxylation is 1. The first-order valence-electron chi connectivity index (χ1n) is 5.20. The number of anilines is 1. The van der Waals surface area contributed by atoms with E-state index in [9.17, 15) is 4.39 Å². The number of nitrogens with zero attached hydrogens (tertiary/aromatic N) is 2. The Morgan fingerprint density at radius 1 is 1.39 bits per heavy atom. The minimum absolute atomic E-state index is 0.0997. The zero-order valence-corrected chi connectivity index (χ0v) is 12.5. The molecule has 3 nitrogen and oxygen atoms in total. The van der Waals surface area contributed by atoms with Gasteiger partial charge in [-0.2, -0.15) is 0 Å². The molecule has 18 heavy (non-hydrogen) atoms. The quantitative estimate of drug-likeness (QED) is 0.817. The Balaban J connectivity index is 2.37. The summed E-state index contributed by atoms with van der Waals surface area (Å²) in [4.78, 5) is 8.44. The van der Waals surface area contributed by atoms with Crippen molar-refractivity contribution in [2.24, 2.45) is 0 Å². The summed E-state index contributed by atoms with van der Waals surface area (Å²) < 4.78 is 14.6. The van der Waals surface area contributed by atoms with E-state index < -0.39 is 5.82 Å². The van der Waals surface area contributed by atoms with Gasteiger partial charge in [-0.3, -0.25) is 0 Å². The summed E-state index contributed by atoms with van der Waals surface area (Å²) in [6.45, 7) is 1.84. The van der Waals surface area contributed by atoms with Crippen LogP contribution in [-0.4, -0.2) is 9.97 Å². The maximum Gasteiger partial charge on any atom is 0.145 e. The molecule has 6 heteroatoms. The fraction of sp³-hybridized carbons (Fsp3) is 0.167. The van der Waals surface area contributed by atoms with Gasteiger partial charge in [-0.05, 0) is 41.1 Å². The van der Waals surface area contributed by atoms with E-state index in [-0.39, 0.29) is 11.4 Å². The molecule has 0 saturated carbocycles. The van der Waals surface area contributed by atoms with Crippen molar-refractivity contribution in [3.8, 4) is 0 Å². The average molecular weight is 378 g/mol. The highest BCUT2D eigenvalue weighted by atomic mass is 127. The molecule has 0 aliphatic heterocycles. The summed E-state index contributed by atoms with van der Waals surface area (Å²) in [6.07, 6.45) is 0.272. The van der Waals surface area contributed by atoms with Crippen LogP contribution in [0.3, 0.4) is 0 Å². The van der Waals surface area contributed by atoms with Crippen molar-refractivity contribution in [1.29, 1.82) is 0 Å². The monoisotopic (exact) mass is 377 g/mol. The van der Waals surface area contributed by atoms with E-state index in [1.807, 2.05) is 6.92 Å². The average Bonchev–Trinajstić information content (AvgIpc) is 2.32. The SMILES string of the molecule is Cc1nc(Cc2cccc(Cl)c2F)nc(N)c1I. The Bertz CT molecular complexity index is 581. The van der Waals surface area contributed by atoms with Crippen LogP contribution in [-0.2, 0) is 6.42 Å². The highest BCUT2D eigenvalue weighted by molar-refractivity contribution is 14.1. The van der Waals surface area contributed by atoms with Gasteiger partial charge in [0, 0.05) is 6.42 Å². The van der Waals surface area contributed by atoms with Gasteiger partial charge >= 0.3 is 0 Å². The molecule has 1 aromatic carbocycles. The Labute approximate surface area is 123 Å². The van der Waals surface area contributed by atoms with Crippen molar-refractivity contribution in [2.45, 2.75) is 13.3 Å². The third-order valence-corrected chi connectivity index (χ3v) is 4.09. The third-order valence-electron chi connectivity index (χ3n) is 2.47. The number of hydrogen-bond acceptors (Lipinski definition) is 3. The van der Waals surface area contributed by atoms with Crippen molar-refractivity contribution in [3.05, 3.63) is 49.7 Å². The molecule has 0 fully saturated rings. The number of nitrogen functional groups attached to an aromatic ring is 1. The summed E-state index contributed by atoms with van der Waals surface area (Å²) in [5.41, 5.74) is 7.02. The van der Waals surface area contributed by atoms with Gasteiger partial charge in [0.15, 0.2) is 0 Å². The molecule has 1 heterocycles. The molecule has 0 radical (unpaired) electrons. The molecule has 0 spiro atoms. The fourth-order valence-electron chi connectivity index (χ4n) is 1.58. The third kappa shape index (κ3) is 2.72.